The Morgan fingerprint density at radius 2 is 2.32 bits per heavy atom. The minimum Gasteiger partial charge on any atom is -0.467 e. The van der Waals surface area contributed by atoms with Crippen LogP contribution in [0.25, 0.3) is 10.2 Å². The second kappa shape index (κ2) is 5.03. The fourth-order valence-corrected chi connectivity index (χ4v) is 2.79. The molecular formula is C13H9ClN2O2S. The molecule has 4 nitrogen and oxygen atoms in total. The zero-order chi connectivity index (χ0) is 13.2. The predicted molar refractivity (Wildman–Crippen MR) is 74.5 cm³/mol. The number of halogens is 1. The number of benzene rings is 1. The number of carbonyl (C=O) groups excluding carboxylic acids is 1. The number of fused-ring (bicyclic) bond motifs is 1. The number of carbonyl (C=O) groups is 1. The number of nitrogens with one attached hydrogen (secondary N) is 1. The monoisotopic (exact) mass is 292 g/mol. The Labute approximate surface area is 118 Å². The highest BCUT2D eigenvalue weighted by Gasteiger charge is 2.09. The summed E-state index contributed by atoms with van der Waals surface area (Å²) < 4.78 is 6.53. The van der Waals surface area contributed by atoms with Crippen LogP contribution in [-0.4, -0.2) is 10.9 Å². The lowest BCUT2D eigenvalue weighted by atomic mass is 10.2. The molecule has 0 spiro atoms. The predicted octanol–water partition coefficient (Wildman–Crippen LogP) is 3.47. The largest absolute Gasteiger partial charge is 0.467 e. The van der Waals surface area contributed by atoms with Crippen molar-refractivity contribution in [1.82, 2.24) is 10.3 Å². The molecule has 0 aliphatic heterocycles. The average Bonchev–Trinajstić information content (AvgIpc) is 3.02. The van der Waals surface area contributed by atoms with E-state index in [1.54, 1.807) is 30.5 Å². The summed E-state index contributed by atoms with van der Waals surface area (Å²) in [6.07, 6.45) is 1.58. The van der Waals surface area contributed by atoms with Gasteiger partial charge in [-0.05, 0) is 30.3 Å². The van der Waals surface area contributed by atoms with E-state index in [0.29, 0.717) is 16.6 Å². The van der Waals surface area contributed by atoms with Crippen molar-refractivity contribution in [2.75, 3.05) is 0 Å². The van der Waals surface area contributed by atoms with Gasteiger partial charge in [-0.25, -0.2) is 4.98 Å². The van der Waals surface area contributed by atoms with Crippen molar-refractivity contribution in [2.24, 2.45) is 0 Å². The first-order valence-corrected chi connectivity index (χ1v) is 6.78. The Kier molecular flexibility index (Phi) is 3.23. The van der Waals surface area contributed by atoms with E-state index in [1.807, 2.05) is 6.07 Å². The lowest BCUT2D eigenvalue weighted by molar-refractivity contribution is 0.0948. The number of hydrogen-bond donors (Lipinski definition) is 1. The number of rotatable bonds is 3. The highest BCUT2D eigenvalue weighted by atomic mass is 35.5. The van der Waals surface area contributed by atoms with E-state index in [-0.39, 0.29) is 5.91 Å². The molecule has 0 radical (unpaired) electrons. The highest BCUT2D eigenvalue weighted by molar-refractivity contribution is 7.22. The van der Waals surface area contributed by atoms with E-state index in [2.05, 4.69) is 10.3 Å². The number of furan rings is 1. The van der Waals surface area contributed by atoms with Crippen molar-refractivity contribution in [3.63, 3.8) is 0 Å². The summed E-state index contributed by atoms with van der Waals surface area (Å²) in [5, 5.41) is 2.79. The first-order valence-electron chi connectivity index (χ1n) is 5.59. The summed E-state index contributed by atoms with van der Waals surface area (Å²) in [6.45, 7) is 0.368. The van der Waals surface area contributed by atoms with E-state index >= 15 is 0 Å². The van der Waals surface area contributed by atoms with Gasteiger partial charge < -0.3 is 9.73 Å². The number of thiazole rings is 1. The summed E-state index contributed by atoms with van der Waals surface area (Å²) in [6, 6.07) is 8.91. The molecule has 0 saturated heterocycles. The number of hydrogen-bond acceptors (Lipinski definition) is 4. The van der Waals surface area contributed by atoms with E-state index in [4.69, 9.17) is 16.0 Å². The van der Waals surface area contributed by atoms with Crippen LogP contribution in [0.1, 0.15) is 16.1 Å². The standard InChI is InChI=1S/C13H9ClN2O2S/c14-13-16-10-4-3-8(6-11(10)19-13)12(17)15-7-9-2-1-5-18-9/h1-6H,7H2,(H,15,17). The Bertz CT molecular complexity index is 721. The lowest BCUT2D eigenvalue weighted by Crippen LogP contribution is -2.22. The molecule has 0 aliphatic carbocycles. The molecule has 1 aromatic carbocycles. The quantitative estimate of drug-likeness (QED) is 0.804. The van der Waals surface area contributed by atoms with E-state index < -0.39 is 0 Å². The van der Waals surface area contributed by atoms with Gasteiger partial charge in [-0.15, -0.1) is 11.3 Å². The minimum atomic E-state index is -0.150. The van der Waals surface area contributed by atoms with Crippen molar-refractivity contribution >= 4 is 39.1 Å². The number of amides is 1. The van der Waals surface area contributed by atoms with Crippen LogP contribution in [0.2, 0.25) is 4.47 Å². The first kappa shape index (κ1) is 12.2. The summed E-state index contributed by atoms with van der Waals surface area (Å²) in [5.74, 6) is 0.568. The van der Waals surface area contributed by atoms with Crippen molar-refractivity contribution in [1.29, 1.82) is 0 Å². The maximum Gasteiger partial charge on any atom is 0.251 e. The molecule has 0 atom stereocenters. The van der Waals surface area contributed by atoms with Crippen LogP contribution < -0.4 is 5.32 Å². The average molecular weight is 293 g/mol. The second-order valence-corrected chi connectivity index (χ2v) is 5.52. The molecule has 2 aromatic heterocycles. The fraction of sp³-hybridized carbons (Fsp3) is 0.0769. The lowest BCUT2D eigenvalue weighted by Gasteiger charge is -2.03. The molecule has 0 bridgehead atoms. The third-order valence-electron chi connectivity index (χ3n) is 2.63. The topological polar surface area (TPSA) is 55.1 Å². The summed E-state index contributed by atoms with van der Waals surface area (Å²) in [4.78, 5) is 16.1. The van der Waals surface area contributed by atoms with Gasteiger partial charge in [0.15, 0.2) is 4.47 Å². The third kappa shape index (κ3) is 2.62. The van der Waals surface area contributed by atoms with Gasteiger partial charge in [0.25, 0.3) is 5.91 Å². The molecule has 3 rings (SSSR count). The van der Waals surface area contributed by atoms with Crippen LogP contribution in [0.15, 0.2) is 41.0 Å². The van der Waals surface area contributed by atoms with E-state index in [0.717, 1.165) is 16.0 Å². The normalized spacial score (nSPS) is 10.8. The zero-order valence-electron chi connectivity index (χ0n) is 9.72. The van der Waals surface area contributed by atoms with Crippen LogP contribution >= 0.6 is 22.9 Å². The van der Waals surface area contributed by atoms with Crippen molar-refractivity contribution in [3.8, 4) is 0 Å². The fourth-order valence-electron chi connectivity index (χ4n) is 1.72. The van der Waals surface area contributed by atoms with Crippen LogP contribution in [0.3, 0.4) is 0 Å². The van der Waals surface area contributed by atoms with Crippen LogP contribution in [0, 0.1) is 0 Å². The van der Waals surface area contributed by atoms with Crippen LogP contribution in [0.4, 0.5) is 0 Å². The van der Waals surface area contributed by atoms with Gasteiger partial charge in [0.05, 0.1) is 23.0 Å². The molecule has 0 saturated carbocycles. The summed E-state index contributed by atoms with van der Waals surface area (Å²) in [7, 11) is 0. The van der Waals surface area contributed by atoms with Gasteiger partial charge in [0.1, 0.15) is 5.76 Å². The van der Waals surface area contributed by atoms with Gasteiger partial charge in [0.2, 0.25) is 0 Å². The molecule has 0 fully saturated rings. The Morgan fingerprint density at radius 3 is 3.11 bits per heavy atom. The molecule has 96 valence electrons. The summed E-state index contributed by atoms with van der Waals surface area (Å²) >= 11 is 7.19. The molecule has 1 amide bonds. The Hall–Kier alpha value is -1.85. The van der Waals surface area contributed by atoms with Gasteiger partial charge in [-0.1, -0.05) is 11.6 Å². The van der Waals surface area contributed by atoms with Gasteiger partial charge >= 0.3 is 0 Å². The van der Waals surface area contributed by atoms with Crippen LogP contribution in [0.5, 0.6) is 0 Å². The van der Waals surface area contributed by atoms with Crippen molar-refractivity contribution in [2.45, 2.75) is 6.54 Å². The Morgan fingerprint density at radius 1 is 1.42 bits per heavy atom. The SMILES string of the molecule is O=C(NCc1ccco1)c1ccc2nc(Cl)sc2c1. The highest BCUT2D eigenvalue weighted by Crippen LogP contribution is 2.26. The van der Waals surface area contributed by atoms with Crippen LogP contribution in [-0.2, 0) is 6.54 Å². The molecular weight excluding hydrogens is 284 g/mol. The van der Waals surface area contributed by atoms with Gasteiger partial charge in [-0.2, -0.15) is 0 Å². The maximum atomic E-state index is 12.0. The number of nitrogens with zero attached hydrogens (tertiary/aromatic N) is 1. The molecule has 0 unspecified atom stereocenters. The van der Waals surface area contributed by atoms with Gasteiger partial charge in [0, 0.05) is 5.56 Å². The second-order valence-electron chi connectivity index (χ2n) is 3.91. The molecule has 2 heterocycles. The molecule has 1 N–H and O–H groups in total. The summed E-state index contributed by atoms with van der Waals surface area (Å²) in [5.41, 5.74) is 1.39. The van der Waals surface area contributed by atoms with Gasteiger partial charge in [-0.3, -0.25) is 4.79 Å². The molecule has 3 aromatic rings. The molecule has 0 aliphatic rings. The Balaban J connectivity index is 1.77. The molecule has 19 heavy (non-hydrogen) atoms. The minimum absolute atomic E-state index is 0.150. The molecule has 6 heteroatoms. The number of aromatic nitrogens is 1. The van der Waals surface area contributed by atoms with Crippen molar-refractivity contribution < 1.29 is 9.21 Å². The van der Waals surface area contributed by atoms with Crippen molar-refractivity contribution in [3.05, 3.63) is 52.4 Å². The third-order valence-corrected chi connectivity index (χ3v) is 3.75. The smallest absolute Gasteiger partial charge is 0.251 e. The first-order chi connectivity index (χ1) is 9.22. The van der Waals surface area contributed by atoms with E-state index in [1.165, 1.54) is 11.3 Å². The van der Waals surface area contributed by atoms with E-state index in [9.17, 15) is 4.79 Å². The maximum absolute atomic E-state index is 12.0. The zero-order valence-corrected chi connectivity index (χ0v) is 11.3.